The van der Waals surface area contributed by atoms with Crippen LogP contribution in [-0.2, 0) is 19.1 Å². The maximum atomic E-state index is 12.6. The van der Waals surface area contributed by atoms with Gasteiger partial charge in [0.25, 0.3) is 0 Å². The molecule has 0 saturated carbocycles. The van der Waals surface area contributed by atoms with Crippen LogP contribution in [0.4, 0.5) is 0 Å². The van der Waals surface area contributed by atoms with Gasteiger partial charge in [0.15, 0.2) is 0 Å². The molecule has 2 aliphatic heterocycles. The lowest BCUT2D eigenvalue weighted by atomic mass is 9.80. The summed E-state index contributed by atoms with van der Waals surface area (Å²) in [6, 6.07) is 0.929. The van der Waals surface area contributed by atoms with Crippen molar-refractivity contribution in [3.8, 4) is 0 Å². The highest BCUT2D eigenvalue weighted by molar-refractivity contribution is 5.69. The lowest BCUT2D eigenvalue weighted by molar-refractivity contribution is -0.158. The van der Waals surface area contributed by atoms with Crippen molar-refractivity contribution in [2.75, 3.05) is 13.1 Å². The van der Waals surface area contributed by atoms with Gasteiger partial charge in [-0.25, -0.2) is 0 Å². The molecule has 246 valence electrons. The molecule has 0 aliphatic carbocycles. The van der Waals surface area contributed by atoms with E-state index in [9.17, 15) is 9.59 Å². The van der Waals surface area contributed by atoms with E-state index < -0.39 is 0 Å². The predicted octanol–water partition coefficient (Wildman–Crippen LogP) is 8.55. The number of hydrogen-bond donors (Lipinski definition) is 0. The normalized spacial score (nSPS) is 26.5. The van der Waals surface area contributed by atoms with Crippen molar-refractivity contribution in [3.05, 3.63) is 0 Å². The van der Waals surface area contributed by atoms with Crippen molar-refractivity contribution < 1.29 is 19.1 Å². The van der Waals surface area contributed by atoms with E-state index in [2.05, 4.69) is 79.0 Å². The summed E-state index contributed by atoms with van der Waals surface area (Å²) in [5, 5.41) is 0. The van der Waals surface area contributed by atoms with E-state index in [1.807, 2.05) is 0 Å². The number of likely N-dealkylation sites (tertiary alicyclic amines) is 2. The Kier molecular flexibility index (Phi) is 15.3. The summed E-state index contributed by atoms with van der Waals surface area (Å²) in [7, 11) is 0. The first kappa shape index (κ1) is 37.0. The van der Waals surface area contributed by atoms with Gasteiger partial charge in [0, 0.05) is 61.7 Å². The van der Waals surface area contributed by atoms with Gasteiger partial charge in [-0.2, -0.15) is 0 Å². The second-order valence-corrected chi connectivity index (χ2v) is 15.4. The summed E-state index contributed by atoms with van der Waals surface area (Å²) in [6.07, 6.45) is 13.1. The first-order chi connectivity index (χ1) is 19.7. The van der Waals surface area contributed by atoms with Gasteiger partial charge in [-0.05, 0) is 78.3 Å². The van der Waals surface area contributed by atoms with Gasteiger partial charge in [-0.15, -0.1) is 0 Å². The van der Waals surface area contributed by atoms with Crippen molar-refractivity contribution >= 4 is 11.9 Å². The molecule has 0 radical (unpaired) electrons. The summed E-state index contributed by atoms with van der Waals surface area (Å²) in [6.45, 7) is 25.1. The predicted molar refractivity (Wildman–Crippen MR) is 175 cm³/mol. The average Bonchev–Trinajstić information content (AvgIpc) is 2.87. The molecule has 4 atom stereocenters. The molecule has 2 rings (SSSR count). The molecule has 0 aromatic rings. The number of hydrogen-bond acceptors (Lipinski definition) is 6. The zero-order valence-corrected chi connectivity index (χ0v) is 29.3. The second kappa shape index (κ2) is 17.4. The summed E-state index contributed by atoms with van der Waals surface area (Å²) in [4.78, 5) is 30.6. The number of carbonyl (C=O) groups is 2. The van der Waals surface area contributed by atoms with Gasteiger partial charge < -0.3 is 9.47 Å². The Labute approximate surface area is 260 Å². The van der Waals surface area contributed by atoms with Crippen LogP contribution in [0.1, 0.15) is 159 Å². The Morgan fingerprint density at radius 2 is 0.976 bits per heavy atom. The third-order valence-corrected chi connectivity index (χ3v) is 9.90. The van der Waals surface area contributed by atoms with Crippen molar-refractivity contribution in [2.24, 2.45) is 11.8 Å². The second-order valence-electron chi connectivity index (χ2n) is 15.4. The maximum Gasteiger partial charge on any atom is 0.306 e. The van der Waals surface area contributed by atoms with Gasteiger partial charge in [-0.1, -0.05) is 67.2 Å². The highest BCUT2D eigenvalue weighted by Gasteiger charge is 2.43. The van der Waals surface area contributed by atoms with E-state index in [1.54, 1.807) is 0 Å². The Hall–Kier alpha value is -1.14. The van der Waals surface area contributed by atoms with Crippen LogP contribution < -0.4 is 0 Å². The number of esters is 2. The Morgan fingerprint density at radius 3 is 1.29 bits per heavy atom. The van der Waals surface area contributed by atoms with Crippen molar-refractivity contribution in [1.82, 2.24) is 9.80 Å². The molecule has 0 N–H and O–H groups in total. The molecule has 6 heteroatoms. The van der Waals surface area contributed by atoms with Crippen molar-refractivity contribution in [1.29, 1.82) is 0 Å². The average molecular weight is 593 g/mol. The highest BCUT2D eigenvalue weighted by atomic mass is 16.5. The van der Waals surface area contributed by atoms with Crippen LogP contribution in [0.5, 0.6) is 0 Å². The molecule has 2 heterocycles. The van der Waals surface area contributed by atoms with E-state index >= 15 is 0 Å². The minimum absolute atomic E-state index is 0.0268. The first-order valence-corrected chi connectivity index (χ1v) is 17.6. The minimum Gasteiger partial charge on any atom is -0.462 e. The molecule has 4 unspecified atom stereocenters. The van der Waals surface area contributed by atoms with E-state index in [-0.39, 0.29) is 35.2 Å². The SMILES string of the molecule is CCCN1C(C(C)C)CC(OC(=O)CCCCCCCCC(=O)OC2CC(C(C)C)N(CCC)C(C)(C)C2)CC1(C)C. The zero-order valence-electron chi connectivity index (χ0n) is 29.3. The number of rotatable bonds is 17. The molecule has 0 spiro atoms. The maximum absolute atomic E-state index is 12.6. The molecular weight excluding hydrogens is 524 g/mol. The van der Waals surface area contributed by atoms with Gasteiger partial charge in [0.1, 0.15) is 12.2 Å². The fraction of sp³-hybridized carbons (Fsp3) is 0.944. The first-order valence-electron chi connectivity index (χ1n) is 17.6. The lowest BCUT2D eigenvalue weighted by Crippen LogP contribution is -2.59. The fourth-order valence-corrected chi connectivity index (χ4v) is 7.80. The lowest BCUT2D eigenvalue weighted by Gasteiger charge is -2.51. The molecule has 2 fully saturated rings. The summed E-state index contributed by atoms with van der Waals surface area (Å²) >= 11 is 0. The number of carbonyl (C=O) groups excluding carboxylic acids is 2. The van der Waals surface area contributed by atoms with Gasteiger partial charge in [0.2, 0.25) is 0 Å². The standard InChI is InChI=1S/C36H68N2O4/c1-11-21-37-31(27(3)4)23-29(25-35(37,7)8)41-33(39)19-17-15-13-14-16-18-20-34(40)42-30-24-32(28(5)6)38(22-12-2)36(9,10)26-30/h27-32H,11-26H2,1-10H3. The van der Waals surface area contributed by atoms with Crippen LogP contribution in [-0.4, -0.2) is 70.2 Å². The smallest absolute Gasteiger partial charge is 0.306 e. The molecule has 0 aromatic heterocycles. The van der Waals surface area contributed by atoms with Crippen LogP contribution >= 0.6 is 0 Å². The summed E-state index contributed by atoms with van der Waals surface area (Å²) in [5.74, 6) is 1.03. The van der Waals surface area contributed by atoms with Crippen LogP contribution in [0.2, 0.25) is 0 Å². The molecule has 2 aliphatic rings. The quantitative estimate of drug-likeness (QED) is 0.125. The third-order valence-electron chi connectivity index (χ3n) is 9.90. The monoisotopic (exact) mass is 593 g/mol. The number of ether oxygens (including phenoxy) is 2. The largest absolute Gasteiger partial charge is 0.462 e. The van der Waals surface area contributed by atoms with Gasteiger partial charge in [-0.3, -0.25) is 19.4 Å². The third kappa shape index (κ3) is 11.4. The molecule has 42 heavy (non-hydrogen) atoms. The van der Waals surface area contributed by atoms with Crippen LogP contribution in [0.3, 0.4) is 0 Å². The van der Waals surface area contributed by atoms with E-state index in [4.69, 9.17) is 9.47 Å². The Bertz CT molecular complexity index is 742. The minimum atomic E-state index is -0.0339. The number of piperidine rings is 2. The summed E-state index contributed by atoms with van der Waals surface area (Å²) < 4.78 is 12.0. The zero-order chi connectivity index (χ0) is 31.5. The topological polar surface area (TPSA) is 59.1 Å². The van der Waals surface area contributed by atoms with Gasteiger partial charge in [0.05, 0.1) is 0 Å². The molecule has 0 bridgehead atoms. The Balaban J connectivity index is 1.61. The van der Waals surface area contributed by atoms with Crippen molar-refractivity contribution in [3.63, 3.8) is 0 Å². The van der Waals surface area contributed by atoms with E-state index in [0.717, 1.165) is 90.1 Å². The Morgan fingerprint density at radius 1 is 0.643 bits per heavy atom. The molecule has 0 amide bonds. The van der Waals surface area contributed by atoms with Crippen molar-refractivity contribution in [2.45, 2.75) is 194 Å². The van der Waals surface area contributed by atoms with Crippen LogP contribution in [0.15, 0.2) is 0 Å². The van der Waals surface area contributed by atoms with Crippen LogP contribution in [0, 0.1) is 11.8 Å². The molecule has 2 saturated heterocycles. The molecule has 6 nitrogen and oxygen atoms in total. The summed E-state index contributed by atoms with van der Waals surface area (Å²) in [5.41, 5.74) is 0.111. The number of unbranched alkanes of at least 4 members (excludes halogenated alkanes) is 5. The molecule has 0 aromatic carbocycles. The highest BCUT2D eigenvalue weighted by Crippen LogP contribution is 2.38. The fourth-order valence-electron chi connectivity index (χ4n) is 7.80. The van der Waals surface area contributed by atoms with Crippen LogP contribution in [0.25, 0.3) is 0 Å². The van der Waals surface area contributed by atoms with Gasteiger partial charge >= 0.3 is 11.9 Å². The van der Waals surface area contributed by atoms with E-state index in [0.29, 0.717) is 36.8 Å². The molecular formula is C36H68N2O4. The number of nitrogens with zero attached hydrogens (tertiary/aromatic N) is 2. The van der Waals surface area contributed by atoms with E-state index in [1.165, 1.54) is 0 Å².